The number of esters is 1. The third kappa shape index (κ3) is 5.13. The quantitative estimate of drug-likeness (QED) is 0.631. The second-order valence-corrected chi connectivity index (χ2v) is 7.07. The highest BCUT2D eigenvalue weighted by Crippen LogP contribution is 2.25. The van der Waals surface area contributed by atoms with Crippen LogP contribution in [0.2, 0.25) is 0 Å². The molecule has 1 aliphatic carbocycles. The van der Waals surface area contributed by atoms with Gasteiger partial charge in [-0.3, -0.25) is 4.18 Å². The molecule has 0 N–H and O–H groups in total. The Morgan fingerprint density at radius 1 is 1.05 bits per heavy atom. The van der Waals surface area contributed by atoms with Crippen molar-refractivity contribution in [3.8, 4) is 0 Å². The molecular formula is C15H20O5S. The summed E-state index contributed by atoms with van der Waals surface area (Å²) in [6, 6.07) is 7.23. The molecule has 0 radical (unpaired) electrons. The first-order chi connectivity index (χ1) is 9.83. The zero-order chi connectivity index (χ0) is 15.5. The molecule has 116 valence electrons. The molecule has 5 nitrogen and oxygen atoms in total. The minimum Gasteiger partial charge on any atom is -0.459 e. The molecule has 0 atom stereocenters. The van der Waals surface area contributed by atoms with Crippen LogP contribution in [0.5, 0.6) is 0 Å². The number of benzene rings is 1. The molecule has 1 aliphatic rings. The molecule has 0 heterocycles. The van der Waals surface area contributed by atoms with Gasteiger partial charge in [-0.15, -0.1) is 0 Å². The van der Waals surface area contributed by atoms with Gasteiger partial charge in [0.25, 0.3) is 10.1 Å². The fourth-order valence-corrected chi connectivity index (χ4v) is 3.09. The average molecular weight is 312 g/mol. The predicted molar refractivity (Wildman–Crippen MR) is 78.6 cm³/mol. The Bertz CT molecular complexity index is 583. The number of aryl methyl sites for hydroxylation is 1. The van der Waals surface area contributed by atoms with E-state index in [-0.39, 0.29) is 18.2 Å². The summed E-state index contributed by atoms with van der Waals surface area (Å²) in [4.78, 5) is 12.0. The van der Waals surface area contributed by atoms with Gasteiger partial charge in [-0.1, -0.05) is 17.7 Å². The maximum Gasteiger partial charge on any atom is 0.338 e. The Balaban J connectivity index is 1.83. The Kier molecular flexibility index (Phi) is 5.00. The normalized spacial score (nSPS) is 22.8. The van der Waals surface area contributed by atoms with Crippen LogP contribution in [0.3, 0.4) is 0 Å². The van der Waals surface area contributed by atoms with E-state index >= 15 is 0 Å². The third-order valence-corrected chi connectivity index (χ3v) is 4.11. The predicted octanol–water partition coefficient (Wildman–Crippen LogP) is 2.44. The van der Waals surface area contributed by atoms with Crippen LogP contribution in [-0.4, -0.2) is 32.9 Å². The highest BCUT2D eigenvalue weighted by atomic mass is 32.2. The summed E-state index contributed by atoms with van der Waals surface area (Å²) < 4.78 is 32.5. The molecule has 0 bridgehead atoms. The van der Waals surface area contributed by atoms with Crippen molar-refractivity contribution in [2.75, 3.05) is 6.26 Å². The van der Waals surface area contributed by atoms with Gasteiger partial charge >= 0.3 is 5.97 Å². The maximum atomic E-state index is 12.0. The molecule has 0 aromatic heterocycles. The fourth-order valence-electron chi connectivity index (χ4n) is 2.40. The lowest BCUT2D eigenvalue weighted by Gasteiger charge is -2.27. The largest absolute Gasteiger partial charge is 0.459 e. The van der Waals surface area contributed by atoms with Crippen molar-refractivity contribution in [3.05, 3.63) is 35.4 Å². The molecule has 21 heavy (non-hydrogen) atoms. The van der Waals surface area contributed by atoms with Gasteiger partial charge in [0.2, 0.25) is 0 Å². The summed E-state index contributed by atoms with van der Waals surface area (Å²) in [5, 5.41) is 0. The average Bonchev–Trinajstić information content (AvgIpc) is 2.40. The molecule has 0 aliphatic heterocycles. The summed E-state index contributed by atoms with van der Waals surface area (Å²) in [5.74, 6) is -0.331. The number of hydrogen-bond acceptors (Lipinski definition) is 5. The van der Waals surface area contributed by atoms with E-state index in [4.69, 9.17) is 8.92 Å². The van der Waals surface area contributed by atoms with Crippen LogP contribution >= 0.6 is 0 Å². The molecule has 0 unspecified atom stereocenters. The van der Waals surface area contributed by atoms with E-state index in [2.05, 4.69) is 0 Å². The second kappa shape index (κ2) is 6.58. The van der Waals surface area contributed by atoms with Crippen LogP contribution < -0.4 is 0 Å². The minimum atomic E-state index is -3.42. The molecule has 0 spiro atoms. The summed E-state index contributed by atoms with van der Waals surface area (Å²) in [6.07, 6.45) is 3.00. The molecule has 6 heteroatoms. The first kappa shape index (κ1) is 16.0. The minimum absolute atomic E-state index is 0.168. The SMILES string of the molecule is Cc1ccc(C(=O)OC2CCC(OS(C)(=O)=O)CC2)cc1. The Labute approximate surface area is 125 Å². The topological polar surface area (TPSA) is 69.7 Å². The Hall–Kier alpha value is -1.40. The smallest absolute Gasteiger partial charge is 0.338 e. The van der Waals surface area contributed by atoms with E-state index in [0.717, 1.165) is 11.8 Å². The van der Waals surface area contributed by atoms with Crippen LogP contribution in [0, 0.1) is 6.92 Å². The molecule has 0 amide bonds. The first-order valence-electron chi connectivity index (χ1n) is 6.99. The molecule has 1 saturated carbocycles. The van der Waals surface area contributed by atoms with Gasteiger partial charge in [0.1, 0.15) is 6.10 Å². The highest BCUT2D eigenvalue weighted by molar-refractivity contribution is 7.86. The van der Waals surface area contributed by atoms with Crippen LogP contribution in [-0.2, 0) is 19.0 Å². The zero-order valence-electron chi connectivity index (χ0n) is 12.2. The maximum absolute atomic E-state index is 12.0. The highest BCUT2D eigenvalue weighted by Gasteiger charge is 2.26. The van der Waals surface area contributed by atoms with Gasteiger partial charge in [0, 0.05) is 0 Å². The Morgan fingerprint density at radius 3 is 2.10 bits per heavy atom. The lowest BCUT2D eigenvalue weighted by Crippen LogP contribution is -2.29. The van der Waals surface area contributed by atoms with Crippen molar-refractivity contribution < 1.29 is 22.1 Å². The van der Waals surface area contributed by atoms with Crippen LogP contribution in [0.25, 0.3) is 0 Å². The Morgan fingerprint density at radius 2 is 1.57 bits per heavy atom. The third-order valence-electron chi connectivity index (χ3n) is 3.49. The van der Waals surface area contributed by atoms with E-state index < -0.39 is 10.1 Å². The summed E-state index contributed by atoms with van der Waals surface area (Å²) in [6.45, 7) is 1.96. The van der Waals surface area contributed by atoms with Gasteiger partial charge in [-0.05, 0) is 44.7 Å². The number of rotatable bonds is 4. The molecule has 2 rings (SSSR count). The summed E-state index contributed by atoms with van der Waals surface area (Å²) in [7, 11) is -3.42. The van der Waals surface area contributed by atoms with Gasteiger partial charge in [-0.2, -0.15) is 8.42 Å². The first-order valence-corrected chi connectivity index (χ1v) is 8.81. The molecule has 1 aromatic rings. The lowest BCUT2D eigenvalue weighted by atomic mass is 9.95. The van der Waals surface area contributed by atoms with Gasteiger partial charge in [0.05, 0.1) is 17.9 Å². The van der Waals surface area contributed by atoms with Crippen LogP contribution in [0.1, 0.15) is 41.6 Å². The summed E-state index contributed by atoms with van der Waals surface area (Å²) >= 11 is 0. The van der Waals surface area contributed by atoms with Gasteiger partial charge < -0.3 is 4.74 Å². The van der Waals surface area contributed by atoms with E-state index in [1.807, 2.05) is 19.1 Å². The van der Waals surface area contributed by atoms with Crippen molar-refractivity contribution in [1.29, 1.82) is 0 Å². The lowest BCUT2D eigenvalue weighted by molar-refractivity contribution is 0.00902. The molecule has 1 aromatic carbocycles. The number of ether oxygens (including phenoxy) is 1. The second-order valence-electron chi connectivity index (χ2n) is 5.47. The monoisotopic (exact) mass is 312 g/mol. The van der Waals surface area contributed by atoms with Crippen LogP contribution in [0.15, 0.2) is 24.3 Å². The van der Waals surface area contributed by atoms with E-state index in [1.54, 1.807) is 12.1 Å². The van der Waals surface area contributed by atoms with Crippen molar-refractivity contribution >= 4 is 16.1 Å². The molecule has 0 saturated heterocycles. The number of carbonyl (C=O) groups is 1. The van der Waals surface area contributed by atoms with Gasteiger partial charge in [0.15, 0.2) is 0 Å². The number of hydrogen-bond donors (Lipinski definition) is 0. The fraction of sp³-hybridized carbons (Fsp3) is 0.533. The zero-order valence-corrected chi connectivity index (χ0v) is 13.1. The van der Waals surface area contributed by atoms with E-state index in [0.29, 0.717) is 31.2 Å². The van der Waals surface area contributed by atoms with E-state index in [1.165, 1.54) is 0 Å². The van der Waals surface area contributed by atoms with E-state index in [9.17, 15) is 13.2 Å². The van der Waals surface area contributed by atoms with Crippen molar-refractivity contribution in [2.24, 2.45) is 0 Å². The number of carbonyl (C=O) groups excluding carboxylic acids is 1. The summed E-state index contributed by atoms with van der Waals surface area (Å²) in [5.41, 5.74) is 1.63. The molecule has 1 fully saturated rings. The van der Waals surface area contributed by atoms with Crippen molar-refractivity contribution in [3.63, 3.8) is 0 Å². The van der Waals surface area contributed by atoms with Crippen molar-refractivity contribution in [1.82, 2.24) is 0 Å². The van der Waals surface area contributed by atoms with Gasteiger partial charge in [-0.25, -0.2) is 4.79 Å². The molecular weight excluding hydrogens is 292 g/mol. The van der Waals surface area contributed by atoms with Crippen molar-refractivity contribution in [2.45, 2.75) is 44.8 Å². The standard InChI is InChI=1S/C15H20O5S/c1-11-3-5-12(6-4-11)15(16)19-13-7-9-14(10-8-13)20-21(2,17)18/h3-6,13-14H,7-10H2,1-2H3. The van der Waals surface area contributed by atoms with Crippen LogP contribution in [0.4, 0.5) is 0 Å².